The highest BCUT2D eigenvalue weighted by Gasteiger charge is 1.94. The third kappa shape index (κ3) is 31.3. The Morgan fingerprint density at radius 1 is 1.00 bits per heavy atom. The minimum Gasteiger partial charge on any atom is -0.353 e. The quantitative estimate of drug-likeness (QED) is 0.286. The standard InChI is InChI=1S/C6H14O2.C5H8O2.C2H4/c1-4-7-6(3)8-5-2;6-4-2-1-3-5-7;1-2/h6H,4-5H2,1-3H3;4-5H,1-3H2;1-2H2. The zero-order valence-electron chi connectivity index (χ0n) is 11.3. The number of hydrogen-bond donors (Lipinski definition) is 0. The maximum absolute atomic E-state index is 9.56. The molecule has 0 aromatic rings. The molecule has 0 aliphatic carbocycles. The van der Waals surface area contributed by atoms with Gasteiger partial charge in [-0.2, -0.15) is 0 Å². The van der Waals surface area contributed by atoms with Gasteiger partial charge in [0.25, 0.3) is 0 Å². The van der Waals surface area contributed by atoms with Crippen molar-refractivity contribution in [1.82, 2.24) is 0 Å². The molecule has 0 atom stereocenters. The van der Waals surface area contributed by atoms with Crippen LogP contribution in [0.1, 0.15) is 40.0 Å². The SMILES string of the molecule is C=C.CCOC(C)OCC.O=CCCCC=O. The summed E-state index contributed by atoms with van der Waals surface area (Å²) in [4.78, 5) is 19.1. The monoisotopic (exact) mass is 246 g/mol. The van der Waals surface area contributed by atoms with Crippen molar-refractivity contribution in [2.45, 2.75) is 46.3 Å². The molecule has 0 unspecified atom stereocenters. The molecule has 0 spiro atoms. The van der Waals surface area contributed by atoms with E-state index in [0.29, 0.717) is 19.3 Å². The van der Waals surface area contributed by atoms with Crippen molar-refractivity contribution in [3.05, 3.63) is 13.2 Å². The van der Waals surface area contributed by atoms with Crippen LogP contribution >= 0.6 is 0 Å². The first-order chi connectivity index (χ1) is 8.22. The number of unbranched alkanes of at least 4 members (excludes halogenated alkanes) is 2. The zero-order chi connectivity index (χ0) is 13.9. The van der Waals surface area contributed by atoms with Crippen LogP contribution in [0.5, 0.6) is 0 Å². The van der Waals surface area contributed by atoms with Gasteiger partial charge in [0, 0.05) is 26.1 Å². The van der Waals surface area contributed by atoms with Gasteiger partial charge in [-0.25, -0.2) is 0 Å². The van der Waals surface area contributed by atoms with Crippen LogP contribution in [0, 0.1) is 0 Å². The molecular formula is C13H26O4. The first kappa shape index (κ1) is 21.3. The first-order valence-electron chi connectivity index (χ1n) is 5.83. The van der Waals surface area contributed by atoms with E-state index in [2.05, 4.69) is 13.2 Å². The number of rotatable bonds is 8. The Labute approximate surface area is 105 Å². The van der Waals surface area contributed by atoms with Crippen molar-refractivity contribution in [1.29, 1.82) is 0 Å². The van der Waals surface area contributed by atoms with Crippen LogP contribution < -0.4 is 0 Å². The van der Waals surface area contributed by atoms with E-state index in [1.165, 1.54) is 0 Å². The first-order valence-corrected chi connectivity index (χ1v) is 5.83. The largest absolute Gasteiger partial charge is 0.353 e. The van der Waals surface area contributed by atoms with Crippen LogP contribution in [-0.4, -0.2) is 32.1 Å². The number of carbonyl (C=O) groups excluding carboxylic acids is 2. The smallest absolute Gasteiger partial charge is 0.154 e. The Morgan fingerprint density at radius 3 is 1.59 bits per heavy atom. The summed E-state index contributed by atoms with van der Waals surface area (Å²) in [5, 5.41) is 0. The number of carbonyl (C=O) groups is 2. The average Bonchev–Trinajstić information content (AvgIpc) is 2.34. The van der Waals surface area contributed by atoms with Crippen molar-refractivity contribution in [2.24, 2.45) is 0 Å². The molecule has 102 valence electrons. The second-order valence-corrected chi connectivity index (χ2v) is 2.74. The Hall–Kier alpha value is -1.00. The average molecular weight is 246 g/mol. The lowest BCUT2D eigenvalue weighted by atomic mass is 10.3. The molecule has 0 amide bonds. The zero-order valence-corrected chi connectivity index (χ0v) is 11.3. The van der Waals surface area contributed by atoms with Crippen LogP contribution in [-0.2, 0) is 19.1 Å². The van der Waals surface area contributed by atoms with Gasteiger partial charge in [0.2, 0.25) is 0 Å². The molecule has 0 aromatic carbocycles. The number of ether oxygens (including phenoxy) is 2. The molecule has 0 bridgehead atoms. The van der Waals surface area contributed by atoms with Crippen molar-refractivity contribution in [3.63, 3.8) is 0 Å². The molecule has 0 N–H and O–H groups in total. The molecule has 17 heavy (non-hydrogen) atoms. The molecule has 0 heterocycles. The van der Waals surface area contributed by atoms with Gasteiger partial charge >= 0.3 is 0 Å². The summed E-state index contributed by atoms with van der Waals surface area (Å²) in [7, 11) is 0. The van der Waals surface area contributed by atoms with Gasteiger partial charge in [-0.15, -0.1) is 13.2 Å². The minimum absolute atomic E-state index is 0.0370. The van der Waals surface area contributed by atoms with Gasteiger partial charge in [0.15, 0.2) is 6.29 Å². The van der Waals surface area contributed by atoms with Gasteiger partial charge in [0.05, 0.1) is 0 Å². The number of hydrogen-bond acceptors (Lipinski definition) is 4. The Bertz CT molecular complexity index is 134. The Kier molecular flexibility index (Phi) is 30.4. The van der Waals surface area contributed by atoms with Crippen LogP contribution in [0.15, 0.2) is 13.2 Å². The highest BCUT2D eigenvalue weighted by molar-refractivity contribution is 5.52. The van der Waals surface area contributed by atoms with Gasteiger partial charge in [-0.1, -0.05) is 0 Å². The Morgan fingerprint density at radius 2 is 1.35 bits per heavy atom. The van der Waals surface area contributed by atoms with E-state index in [0.717, 1.165) is 25.8 Å². The highest BCUT2D eigenvalue weighted by Crippen LogP contribution is 1.90. The maximum atomic E-state index is 9.56. The summed E-state index contributed by atoms with van der Waals surface area (Å²) < 4.78 is 10.1. The summed E-state index contributed by atoms with van der Waals surface area (Å²) in [6, 6.07) is 0. The van der Waals surface area contributed by atoms with Crippen molar-refractivity contribution < 1.29 is 19.1 Å². The lowest BCUT2D eigenvalue weighted by Crippen LogP contribution is -2.11. The van der Waals surface area contributed by atoms with E-state index >= 15 is 0 Å². The fraction of sp³-hybridized carbons (Fsp3) is 0.692. The van der Waals surface area contributed by atoms with Crippen LogP contribution in [0.25, 0.3) is 0 Å². The second kappa shape index (κ2) is 24.3. The molecule has 0 aliphatic heterocycles. The third-order valence-corrected chi connectivity index (χ3v) is 1.45. The van der Waals surface area contributed by atoms with Crippen LogP contribution in [0.3, 0.4) is 0 Å². The summed E-state index contributed by atoms with van der Waals surface area (Å²) in [6.45, 7) is 13.3. The minimum atomic E-state index is -0.0370. The van der Waals surface area contributed by atoms with E-state index in [-0.39, 0.29) is 6.29 Å². The van der Waals surface area contributed by atoms with Gasteiger partial charge in [-0.05, 0) is 27.2 Å². The molecule has 4 nitrogen and oxygen atoms in total. The maximum Gasteiger partial charge on any atom is 0.154 e. The molecule has 4 heteroatoms. The van der Waals surface area contributed by atoms with Crippen LogP contribution in [0.2, 0.25) is 0 Å². The molecule has 0 aliphatic rings. The fourth-order valence-electron chi connectivity index (χ4n) is 0.802. The third-order valence-electron chi connectivity index (χ3n) is 1.45. The predicted octanol–water partition coefficient (Wildman–Crippen LogP) is 2.76. The molecule has 0 aromatic heterocycles. The van der Waals surface area contributed by atoms with Gasteiger partial charge < -0.3 is 19.1 Å². The highest BCUT2D eigenvalue weighted by atomic mass is 16.7. The molecular weight excluding hydrogens is 220 g/mol. The summed E-state index contributed by atoms with van der Waals surface area (Å²) in [5.41, 5.74) is 0. The Balaban J connectivity index is -0.000000202. The lowest BCUT2D eigenvalue weighted by molar-refractivity contribution is -0.123. The van der Waals surface area contributed by atoms with Crippen molar-refractivity contribution in [3.8, 4) is 0 Å². The lowest BCUT2D eigenvalue weighted by Gasteiger charge is -2.09. The molecule has 0 rings (SSSR count). The van der Waals surface area contributed by atoms with Crippen molar-refractivity contribution >= 4 is 12.6 Å². The molecule has 0 saturated carbocycles. The van der Waals surface area contributed by atoms with E-state index in [9.17, 15) is 9.59 Å². The summed E-state index contributed by atoms with van der Waals surface area (Å²) >= 11 is 0. The van der Waals surface area contributed by atoms with E-state index in [1.807, 2.05) is 20.8 Å². The van der Waals surface area contributed by atoms with Crippen molar-refractivity contribution in [2.75, 3.05) is 13.2 Å². The van der Waals surface area contributed by atoms with Crippen LogP contribution in [0.4, 0.5) is 0 Å². The topological polar surface area (TPSA) is 52.6 Å². The summed E-state index contributed by atoms with van der Waals surface area (Å²) in [6.07, 6.45) is 3.34. The van der Waals surface area contributed by atoms with Gasteiger partial charge in [0.1, 0.15) is 12.6 Å². The van der Waals surface area contributed by atoms with Gasteiger partial charge in [-0.3, -0.25) is 0 Å². The number of aldehydes is 2. The second-order valence-electron chi connectivity index (χ2n) is 2.74. The van der Waals surface area contributed by atoms with E-state index in [4.69, 9.17) is 9.47 Å². The fourth-order valence-corrected chi connectivity index (χ4v) is 0.802. The molecule has 0 radical (unpaired) electrons. The molecule has 0 saturated heterocycles. The normalized spacial score (nSPS) is 8.47. The predicted molar refractivity (Wildman–Crippen MR) is 69.9 cm³/mol. The molecule has 0 fully saturated rings. The van der Waals surface area contributed by atoms with E-state index in [1.54, 1.807) is 0 Å². The van der Waals surface area contributed by atoms with E-state index < -0.39 is 0 Å². The summed E-state index contributed by atoms with van der Waals surface area (Å²) in [5.74, 6) is 0.